The van der Waals surface area contributed by atoms with Crippen molar-refractivity contribution in [3.63, 3.8) is 0 Å². The van der Waals surface area contributed by atoms with Crippen molar-refractivity contribution >= 4 is 11.7 Å². The molecule has 0 atom stereocenters. The molecule has 0 spiro atoms. The van der Waals surface area contributed by atoms with Gasteiger partial charge in [0.05, 0.1) is 12.8 Å². The number of hydrogen-bond acceptors (Lipinski definition) is 3. The van der Waals surface area contributed by atoms with E-state index in [4.69, 9.17) is 0 Å². The molecule has 0 saturated carbocycles. The van der Waals surface area contributed by atoms with E-state index in [2.05, 4.69) is 10.1 Å². The van der Waals surface area contributed by atoms with E-state index in [1.165, 1.54) is 13.2 Å². The van der Waals surface area contributed by atoms with Crippen molar-refractivity contribution in [1.82, 2.24) is 0 Å². The Balaban J connectivity index is 2.35. The summed E-state index contributed by atoms with van der Waals surface area (Å²) in [7, 11) is 1.36. The van der Waals surface area contributed by atoms with Crippen LogP contribution in [0.5, 0.6) is 0 Å². The van der Waals surface area contributed by atoms with Gasteiger partial charge in [0.2, 0.25) is 0 Å². The van der Waals surface area contributed by atoms with E-state index >= 15 is 0 Å². The molecule has 0 heterocycles. The summed E-state index contributed by atoms with van der Waals surface area (Å²) in [6, 6.07) is 5.01. The van der Waals surface area contributed by atoms with Crippen LogP contribution in [0.1, 0.15) is 18.4 Å². The number of esters is 1. The van der Waals surface area contributed by atoms with Crippen molar-refractivity contribution in [3.05, 3.63) is 29.6 Å². The van der Waals surface area contributed by atoms with Crippen molar-refractivity contribution in [3.8, 4) is 0 Å². The van der Waals surface area contributed by atoms with Crippen LogP contribution in [-0.2, 0) is 9.53 Å². The Morgan fingerprint density at radius 3 is 2.88 bits per heavy atom. The topological polar surface area (TPSA) is 38.3 Å². The summed E-state index contributed by atoms with van der Waals surface area (Å²) in [5.41, 5.74) is 1.35. The van der Waals surface area contributed by atoms with E-state index in [1.807, 2.05) is 13.0 Å². The molecule has 0 aliphatic rings. The molecular formula is C12H16FNO2. The van der Waals surface area contributed by atoms with Gasteiger partial charge in [0.1, 0.15) is 5.82 Å². The Morgan fingerprint density at radius 1 is 1.50 bits per heavy atom. The fourth-order valence-corrected chi connectivity index (χ4v) is 1.32. The second-order valence-corrected chi connectivity index (χ2v) is 3.59. The number of anilines is 1. The highest BCUT2D eigenvalue weighted by Crippen LogP contribution is 2.15. The monoisotopic (exact) mass is 225 g/mol. The summed E-state index contributed by atoms with van der Waals surface area (Å²) in [5.74, 6) is -0.510. The lowest BCUT2D eigenvalue weighted by atomic mass is 10.2. The highest BCUT2D eigenvalue weighted by atomic mass is 19.1. The smallest absolute Gasteiger partial charge is 0.305 e. The molecule has 0 unspecified atom stereocenters. The summed E-state index contributed by atoms with van der Waals surface area (Å²) < 4.78 is 17.8. The first-order valence-electron chi connectivity index (χ1n) is 5.20. The number of carbonyl (C=O) groups is 1. The standard InChI is InChI=1S/C12H16FNO2/c1-9-5-6-11(10(13)8-9)14-7-3-4-12(15)16-2/h5-6,8,14H,3-4,7H2,1-2H3. The minimum Gasteiger partial charge on any atom is -0.469 e. The van der Waals surface area contributed by atoms with E-state index in [1.54, 1.807) is 6.07 Å². The third kappa shape index (κ3) is 3.88. The van der Waals surface area contributed by atoms with Gasteiger partial charge in [-0.05, 0) is 31.0 Å². The molecule has 0 saturated heterocycles. The molecule has 1 aromatic carbocycles. The molecule has 0 bridgehead atoms. The van der Waals surface area contributed by atoms with Gasteiger partial charge in [0, 0.05) is 13.0 Å². The van der Waals surface area contributed by atoms with E-state index in [0.717, 1.165) is 5.56 Å². The van der Waals surface area contributed by atoms with Crippen LogP contribution in [0.4, 0.5) is 10.1 Å². The molecule has 0 radical (unpaired) electrons. The molecular weight excluding hydrogens is 209 g/mol. The maximum Gasteiger partial charge on any atom is 0.305 e. The van der Waals surface area contributed by atoms with E-state index in [9.17, 15) is 9.18 Å². The van der Waals surface area contributed by atoms with Crippen LogP contribution in [0, 0.1) is 12.7 Å². The van der Waals surface area contributed by atoms with Crippen molar-refractivity contribution in [2.75, 3.05) is 19.0 Å². The Labute approximate surface area is 94.6 Å². The lowest BCUT2D eigenvalue weighted by molar-refractivity contribution is -0.140. The normalized spacial score (nSPS) is 9.94. The van der Waals surface area contributed by atoms with Crippen molar-refractivity contribution < 1.29 is 13.9 Å². The van der Waals surface area contributed by atoms with Crippen LogP contribution < -0.4 is 5.32 Å². The van der Waals surface area contributed by atoms with Crippen LogP contribution in [-0.4, -0.2) is 19.6 Å². The maximum absolute atomic E-state index is 13.3. The zero-order valence-electron chi connectivity index (χ0n) is 9.55. The Kier molecular flexibility index (Phi) is 4.76. The molecule has 0 aromatic heterocycles. The van der Waals surface area contributed by atoms with Gasteiger partial charge >= 0.3 is 5.97 Å². The minimum atomic E-state index is -0.266. The Bertz CT molecular complexity index is 366. The average Bonchev–Trinajstić information content (AvgIpc) is 2.26. The predicted molar refractivity (Wildman–Crippen MR) is 60.9 cm³/mol. The summed E-state index contributed by atoms with van der Waals surface area (Å²) in [4.78, 5) is 10.8. The summed E-state index contributed by atoms with van der Waals surface area (Å²) in [6.07, 6.45) is 0.969. The number of nitrogens with one attached hydrogen (secondary N) is 1. The lowest BCUT2D eigenvalue weighted by Crippen LogP contribution is -2.07. The van der Waals surface area contributed by atoms with Gasteiger partial charge in [-0.3, -0.25) is 4.79 Å². The molecule has 0 aliphatic carbocycles. The van der Waals surface area contributed by atoms with Crippen LogP contribution in [0.15, 0.2) is 18.2 Å². The molecule has 0 amide bonds. The largest absolute Gasteiger partial charge is 0.469 e. The second kappa shape index (κ2) is 6.10. The first kappa shape index (κ1) is 12.5. The van der Waals surface area contributed by atoms with Crippen molar-refractivity contribution in [2.24, 2.45) is 0 Å². The van der Waals surface area contributed by atoms with Crippen molar-refractivity contribution in [1.29, 1.82) is 0 Å². The third-order valence-electron chi connectivity index (χ3n) is 2.23. The van der Waals surface area contributed by atoms with Gasteiger partial charge in [0.15, 0.2) is 0 Å². The maximum atomic E-state index is 13.3. The van der Waals surface area contributed by atoms with Crippen LogP contribution in [0.3, 0.4) is 0 Å². The van der Waals surface area contributed by atoms with E-state index in [-0.39, 0.29) is 11.8 Å². The molecule has 4 heteroatoms. The second-order valence-electron chi connectivity index (χ2n) is 3.59. The highest BCUT2D eigenvalue weighted by molar-refractivity contribution is 5.69. The van der Waals surface area contributed by atoms with Gasteiger partial charge in [-0.2, -0.15) is 0 Å². The van der Waals surface area contributed by atoms with Crippen LogP contribution >= 0.6 is 0 Å². The molecule has 1 rings (SSSR count). The molecule has 3 nitrogen and oxygen atoms in total. The minimum absolute atomic E-state index is 0.244. The fraction of sp³-hybridized carbons (Fsp3) is 0.417. The SMILES string of the molecule is COC(=O)CCCNc1ccc(C)cc1F. The van der Waals surface area contributed by atoms with Crippen LogP contribution in [0.2, 0.25) is 0 Å². The van der Waals surface area contributed by atoms with Gasteiger partial charge < -0.3 is 10.1 Å². The van der Waals surface area contributed by atoms with Gasteiger partial charge in [0.25, 0.3) is 0 Å². The number of carbonyl (C=O) groups excluding carboxylic acids is 1. The zero-order valence-corrected chi connectivity index (χ0v) is 9.55. The summed E-state index contributed by atoms with van der Waals surface area (Å²) in [5, 5.41) is 2.94. The van der Waals surface area contributed by atoms with Crippen molar-refractivity contribution in [2.45, 2.75) is 19.8 Å². The number of rotatable bonds is 5. The number of aryl methyl sites for hydroxylation is 1. The summed E-state index contributed by atoms with van der Waals surface area (Å²) in [6.45, 7) is 2.39. The quantitative estimate of drug-likeness (QED) is 0.618. The number of hydrogen-bond donors (Lipinski definition) is 1. The fourth-order valence-electron chi connectivity index (χ4n) is 1.32. The first-order valence-corrected chi connectivity index (χ1v) is 5.20. The van der Waals surface area contributed by atoms with Gasteiger partial charge in [-0.1, -0.05) is 6.07 Å². The molecule has 1 N–H and O–H groups in total. The van der Waals surface area contributed by atoms with Crippen LogP contribution in [0.25, 0.3) is 0 Å². The zero-order chi connectivity index (χ0) is 12.0. The predicted octanol–water partition coefficient (Wildman–Crippen LogP) is 2.50. The van der Waals surface area contributed by atoms with E-state index < -0.39 is 0 Å². The number of methoxy groups -OCH3 is 1. The molecule has 1 aromatic rings. The number of halogens is 1. The highest BCUT2D eigenvalue weighted by Gasteiger charge is 2.02. The first-order chi connectivity index (χ1) is 7.63. The van der Waals surface area contributed by atoms with Gasteiger partial charge in [-0.25, -0.2) is 4.39 Å². The Morgan fingerprint density at radius 2 is 2.25 bits per heavy atom. The molecule has 0 aliphatic heterocycles. The van der Waals surface area contributed by atoms with E-state index in [0.29, 0.717) is 25.1 Å². The van der Waals surface area contributed by atoms with Gasteiger partial charge in [-0.15, -0.1) is 0 Å². The summed E-state index contributed by atoms with van der Waals surface area (Å²) >= 11 is 0. The lowest BCUT2D eigenvalue weighted by Gasteiger charge is -2.07. The number of ether oxygens (including phenoxy) is 1. The third-order valence-corrected chi connectivity index (χ3v) is 2.23. The number of benzene rings is 1. The molecule has 88 valence electrons. The Hall–Kier alpha value is -1.58. The molecule has 0 fully saturated rings. The average molecular weight is 225 g/mol. The molecule has 16 heavy (non-hydrogen) atoms.